The van der Waals surface area contributed by atoms with E-state index in [0.717, 1.165) is 6.07 Å². The van der Waals surface area contributed by atoms with E-state index in [0.29, 0.717) is 29.4 Å². The maximum atomic E-state index is 14.5. The molecule has 2 atom stereocenters. The number of aliphatic imine (C=N–C) groups is 1. The van der Waals surface area contributed by atoms with Crippen LogP contribution in [0.1, 0.15) is 36.4 Å². The number of nitrogens with zero attached hydrogens (tertiary/aromatic N) is 5. The monoisotopic (exact) mass is 640 g/mol. The van der Waals surface area contributed by atoms with Crippen molar-refractivity contribution in [1.29, 1.82) is 0 Å². The van der Waals surface area contributed by atoms with Crippen molar-refractivity contribution in [3.8, 4) is 0 Å². The number of aliphatic hydroxyl groups excluding tert-OH is 1. The van der Waals surface area contributed by atoms with E-state index in [2.05, 4.69) is 20.4 Å². The highest BCUT2D eigenvalue weighted by Gasteiger charge is 2.39. The van der Waals surface area contributed by atoms with E-state index in [4.69, 9.17) is 16.3 Å². The highest BCUT2D eigenvalue weighted by molar-refractivity contribution is 7.89. The largest absolute Gasteiger partial charge is 0.466 e. The van der Waals surface area contributed by atoms with Crippen molar-refractivity contribution >= 4 is 44.8 Å². The Hall–Kier alpha value is -3.24. The van der Waals surface area contributed by atoms with Crippen molar-refractivity contribution in [2.24, 2.45) is 10.9 Å². The number of hydrogen-bond acceptors (Lipinski definition) is 10. The van der Waals surface area contributed by atoms with E-state index in [1.807, 2.05) is 0 Å². The number of thiazole rings is 1. The Balaban J connectivity index is 1.49. The molecule has 4 heterocycles. The van der Waals surface area contributed by atoms with Crippen LogP contribution in [0.5, 0.6) is 0 Å². The summed E-state index contributed by atoms with van der Waals surface area (Å²) >= 11 is 7.51. The molecule has 2 aliphatic heterocycles. The average molecular weight is 641 g/mol. The quantitative estimate of drug-likeness (QED) is 0.283. The zero-order valence-corrected chi connectivity index (χ0v) is 24.9. The highest BCUT2D eigenvalue weighted by atomic mass is 35.5. The maximum absolute atomic E-state index is 14.5. The summed E-state index contributed by atoms with van der Waals surface area (Å²) in [7, 11) is -2.67. The van der Waals surface area contributed by atoms with Gasteiger partial charge in [-0.15, -0.1) is 11.3 Å². The molecule has 224 valence electrons. The number of nitrogens with one attached hydrogen (secondary N) is 1. The molecule has 0 radical (unpaired) electrons. The van der Waals surface area contributed by atoms with Crippen LogP contribution in [-0.4, -0.2) is 70.7 Å². The predicted octanol–water partition coefficient (Wildman–Crippen LogP) is 3.27. The lowest BCUT2D eigenvalue weighted by atomic mass is 9.86. The molecule has 1 fully saturated rings. The van der Waals surface area contributed by atoms with Gasteiger partial charge in [0.25, 0.3) is 0 Å². The third-order valence-electron chi connectivity index (χ3n) is 7.04. The normalized spacial score (nSPS) is 19.4. The number of carbonyl (C=O) groups is 1. The summed E-state index contributed by atoms with van der Waals surface area (Å²) in [5, 5.41) is 18.6. The fourth-order valence-electron chi connectivity index (χ4n) is 5.03. The summed E-state index contributed by atoms with van der Waals surface area (Å²) in [5.74, 6) is -3.19. The Morgan fingerprint density at radius 3 is 2.69 bits per heavy atom. The van der Waals surface area contributed by atoms with Crippen molar-refractivity contribution in [3.05, 3.63) is 74.6 Å². The van der Waals surface area contributed by atoms with Gasteiger partial charge in [0.2, 0.25) is 10.0 Å². The average Bonchev–Trinajstić information content (AvgIpc) is 3.68. The molecule has 0 saturated carbocycles. The van der Waals surface area contributed by atoms with E-state index >= 15 is 0 Å². The molecule has 5 rings (SSSR count). The zero-order valence-electron chi connectivity index (χ0n) is 22.5. The number of piperidine rings is 1. The van der Waals surface area contributed by atoms with Crippen molar-refractivity contribution in [2.75, 3.05) is 20.2 Å². The van der Waals surface area contributed by atoms with Crippen LogP contribution < -0.4 is 5.32 Å². The molecular formula is C26H27ClF2N6O5S2. The minimum absolute atomic E-state index is 0.0121. The molecule has 11 nitrogen and oxygen atoms in total. The van der Waals surface area contributed by atoms with Gasteiger partial charge >= 0.3 is 5.97 Å². The van der Waals surface area contributed by atoms with Gasteiger partial charge in [0.15, 0.2) is 22.5 Å². The summed E-state index contributed by atoms with van der Waals surface area (Å²) in [6, 6.07) is 1.04. The number of carbonyl (C=O) groups excluding carboxylic acids is 1. The number of hydrogen-bond donors (Lipinski definition) is 2. The van der Waals surface area contributed by atoms with Crippen LogP contribution >= 0.6 is 22.9 Å². The Morgan fingerprint density at radius 2 is 2.05 bits per heavy atom. The fourth-order valence-corrected chi connectivity index (χ4v) is 7.30. The molecule has 0 spiro atoms. The summed E-state index contributed by atoms with van der Waals surface area (Å²) in [5.41, 5.74) is 0.555. The molecule has 0 amide bonds. The van der Waals surface area contributed by atoms with E-state index in [-0.39, 0.29) is 41.6 Å². The van der Waals surface area contributed by atoms with Crippen LogP contribution in [0.25, 0.3) is 0 Å². The van der Waals surface area contributed by atoms with Crippen molar-refractivity contribution < 1.29 is 31.8 Å². The molecule has 0 aliphatic carbocycles. The molecule has 2 aromatic heterocycles. The first kappa shape index (κ1) is 30.2. The van der Waals surface area contributed by atoms with Gasteiger partial charge in [-0.2, -0.15) is 9.40 Å². The molecule has 0 bridgehead atoms. The molecule has 2 aliphatic rings. The molecule has 1 saturated heterocycles. The number of rotatable bonds is 8. The third-order valence-corrected chi connectivity index (χ3v) is 10.1. The second kappa shape index (κ2) is 12.2. The lowest BCUT2D eigenvalue weighted by Gasteiger charge is -2.36. The second-order valence-corrected chi connectivity index (χ2v) is 13.1. The number of sulfonamides is 1. The second-order valence-electron chi connectivity index (χ2n) is 9.85. The predicted molar refractivity (Wildman–Crippen MR) is 150 cm³/mol. The molecule has 42 heavy (non-hydrogen) atoms. The number of allylic oxidation sites excluding steroid dienone is 1. The van der Waals surface area contributed by atoms with Crippen LogP contribution in [0.3, 0.4) is 0 Å². The first-order valence-corrected chi connectivity index (χ1v) is 15.6. The smallest absolute Gasteiger partial charge is 0.338 e. The van der Waals surface area contributed by atoms with Gasteiger partial charge in [-0.25, -0.2) is 27.0 Å². The Morgan fingerprint density at radius 1 is 1.31 bits per heavy atom. The van der Waals surface area contributed by atoms with Gasteiger partial charge in [-0.1, -0.05) is 17.7 Å². The van der Waals surface area contributed by atoms with E-state index in [1.165, 1.54) is 45.9 Å². The molecular weight excluding hydrogens is 614 g/mol. The number of methoxy groups -OCH3 is 1. The summed E-state index contributed by atoms with van der Waals surface area (Å²) < 4.78 is 62.9. The molecule has 16 heteroatoms. The summed E-state index contributed by atoms with van der Waals surface area (Å²) in [6.45, 7) is 2.00. The number of aliphatic hydroxyl groups is 1. The molecule has 3 aromatic rings. The summed E-state index contributed by atoms with van der Waals surface area (Å²) in [4.78, 5) is 22.1. The van der Waals surface area contributed by atoms with Gasteiger partial charge in [0.1, 0.15) is 10.9 Å². The first-order valence-electron chi connectivity index (χ1n) is 12.9. The van der Waals surface area contributed by atoms with Crippen molar-refractivity contribution in [1.82, 2.24) is 24.4 Å². The molecule has 2 unspecified atom stereocenters. The Kier molecular flexibility index (Phi) is 8.76. The van der Waals surface area contributed by atoms with Gasteiger partial charge in [0, 0.05) is 48.0 Å². The highest BCUT2D eigenvalue weighted by Crippen LogP contribution is 2.41. The van der Waals surface area contributed by atoms with Gasteiger partial charge in [-0.05, 0) is 25.8 Å². The first-order chi connectivity index (χ1) is 20.0. The SMILES string of the molecule is COC(=O)C1=C(C2CCN(S(=O)(=O)c3cnn(CC(C)O)c3)CC2)NC(c2nccs2)=NC1c1ccc(F)c(F)c1Cl. The maximum Gasteiger partial charge on any atom is 0.338 e. The minimum atomic E-state index is -3.87. The lowest BCUT2D eigenvalue weighted by Crippen LogP contribution is -2.43. The molecule has 2 N–H and O–H groups in total. The summed E-state index contributed by atoms with van der Waals surface area (Å²) in [6.07, 6.45) is 4.16. The molecule has 1 aromatic carbocycles. The number of amidine groups is 1. The number of ether oxygens (including phenoxy) is 1. The standard InChI is InChI=1S/C26H27ClF2N6O5S2/c1-14(36)12-34-13-16(11-31-34)42(38,39)35-8-5-15(6-9-35)22-19(26(37)40-2)23(17-3-4-18(28)21(29)20(17)27)33-24(32-22)25-30-7-10-41-25/h3-4,7,10-11,13-15,23,36H,5-6,8-9,12H2,1-2H3,(H,32,33). The van der Waals surface area contributed by atoms with Gasteiger partial charge in [-0.3, -0.25) is 9.67 Å². The minimum Gasteiger partial charge on any atom is -0.466 e. The van der Waals surface area contributed by atoms with Gasteiger partial charge < -0.3 is 15.2 Å². The Bertz CT molecular complexity index is 1650. The van der Waals surface area contributed by atoms with Crippen molar-refractivity contribution in [3.63, 3.8) is 0 Å². The van der Waals surface area contributed by atoms with Crippen molar-refractivity contribution in [2.45, 2.75) is 43.4 Å². The lowest BCUT2D eigenvalue weighted by molar-refractivity contribution is -0.136. The van der Waals surface area contributed by atoms with E-state index < -0.39 is 44.8 Å². The Labute approximate surface area is 249 Å². The van der Waals surface area contributed by atoms with Crippen LogP contribution in [-0.2, 0) is 26.1 Å². The van der Waals surface area contributed by atoms with Crippen LogP contribution in [0, 0.1) is 17.6 Å². The van der Waals surface area contributed by atoms with E-state index in [1.54, 1.807) is 18.5 Å². The topological polar surface area (TPSA) is 139 Å². The fraction of sp³-hybridized carbons (Fsp3) is 0.385. The van der Waals surface area contributed by atoms with Gasteiger partial charge in [0.05, 0.1) is 36.6 Å². The van der Waals surface area contributed by atoms with Crippen LogP contribution in [0.4, 0.5) is 8.78 Å². The van der Waals surface area contributed by atoms with E-state index in [9.17, 15) is 27.1 Å². The number of benzene rings is 1. The number of esters is 1. The van der Waals surface area contributed by atoms with Crippen LogP contribution in [0.2, 0.25) is 5.02 Å². The zero-order chi connectivity index (χ0) is 30.2. The third kappa shape index (κ3) is 5.83. The van der Waals surface area contributed by atoms with Crippen LogP contribution in [0.15, 0.2) is 57.3 Å². The number of aromatic nitrogens is 3. The number of halogens is 3.